The van der Waals surface area contributed by atoms with Gasteiger partial charge in [0.25, 0.3) is 0 Å². The fourth-order valence-electron chi connectivity index (χ4n) is 2.79. The first kappa shape index (κ1) is 13.9. The number of halogens is 1. The number of hydrogen-bond acceptors (Lipinski definition) is 3. The highest BCUT2D eigenvalue weighted by molar-refractivity contribution is 5.35. The molecule has 1 saturated carbocycles. The van der Waals surface area contributed by atoms with Crippen LogP contribution in [0.2, 0.25) is 0 Å². The Bertz CT molecular complexity index is 465. The van der Waals surface area contributed by atoms with Gasteiger partial charge in [0.15, 0.2) is 0 Å². The average Bonchev–Trinajstić information content (AvgIpc) is 2.55. The van der Waals surface area contributed by atoms with Gasteiger partial charge >= 0.3 is 5.69 Å². The third-order valence-electron chi connectivity index (χ3n) is 3.92. The van der Waals surface area contributed by atoms with Crippen molar-refractivity contribution in [1.29, 1.82) is 0 Å². The van der Waals surface area contributed by atoms with Crippen molar-refractivity contribution in [2.75, 3.05) is 0 Å². The topological polar surface area (TPSA) is 69.2 Å². The van der Waals surface area contributed by atoms with Gasteiger partial charge in [-0.1, -0.05) is 25.3 Å². The second kappa shape index (κ2) is 6.10. The molecule has 1 aromatic rings. The van der Waals surface area contributed by atoms with Gasteiger partial charge in [-0.25, -0.2) is 0 Å². The molecule has 1 fully saturated rings. The minimum atomic E-state index is -0.760. The third kappa shape index (κ3) is 3.50. The fourth-order valence-corrected chi connectivity index (χ4v) is 2.79. The number of hydrogen-bond donors (Lipinski definition) is 1. The van der Waals surface area contributed by atoms with Crippen LogP contribution in [0.4, 0.5) is 10.1 Å². The molecule has 2 N–H and O–H groups in total. The summed E-state index contributed by atoms with van der Waals surface area (Å²) in [6.07, 6.45) is 6.30. The molecule has 0 spiro atoms. The van der Waals surface area contributed by atoms with Crippen LogP contribution in [0.25, 0.3) is 0 Å². The summed E-state index contributed by atoms with van der Waals surface area (Å²) in [7, 11) is 0. The van der Waals surface area contributed by atoms with E-state index in [1.54, 1.807) is 6.07 Å². The molecule has 1 aliphatic rings. The molecule has 2 rings (SSSR count). The molecule has 5 heteroatoms. The lowest BCUT2D eigenvalue weighted by Crippen LogP contribution is -2.30. The summed E-state index contributed by atoms with van der Waals surface area (Å²) in [6.45, 7) is 0. The van der Waals surface area contributed by atoms with Crippen LogP contribution in [-0.2, 0) is 6.42 Å². The fraction of sp³-hybridized carbons (Fsp3) is 0.571. The zero-order valence-electron chi connectivity index (χ0n) is 10.8. The number of nitrogens with two attached hydrogens (primary N) is 1. The van der Waals surface area contributed by atoms with Crippen LogP contribution in [0.3, 0.4) is 0 Å². The quantitative estimate of drug-likeness (QED) is 0.519. The number of nitro benzene ring substituents is 1. The van der Waals surface area contributed by atoms with Gasteiger partial charge < -0.3 is 5.73 Å². The summed E-state index contributed by atoms with van der Waals surface area (Å²) in [5, 5.41) is 10.6. The molecule has 1 aromatic carbocycles. The van der Waals surface area contributed by atoms with Crippen molar-refractivity contribution in [3.63, 3.8) is 0 Å². The van der Waals surface area contributed by atoms with E-state index in [0.29, 0.717) is 12.3 Å². The Kier molecular flexibility index (Phi) is 4.47. The highest BCUT2D eigenvalue weighted by Gasteiger charge is 2.22. The van der Waals surface area contributed by atoms with Crippen molar-refractivity contribution in [3.8, 4) is 0 Å². The van der Waals surface area contributed by atoms with Crippen LogP contribution in [-0.4, -0.2) is 11.0 Å². The molecule has 0 amide bonds. The minimum Gasteiger partial charge on any atom is -0.327 e. The van der Waals surface area contributed by atoms with Gasteiger partial charge in [0.05, 0.1) is 4.92 Å². The zero-order valence-corrected chi connectivity index (χ0v) is 10.8. The standard InChI is InChI=1S/C14H19FN2O2/c15-12-9-10(6-7-14(12)17(18)19)8-11-4-2-1-3-5-13(11)16/h6-7,9,11,13H,1-5,8,16H2. The van der Waals surface area contributed by atoms with Gasteiger partial charge in [-0.2, -0.15) is 4.39 Å². The van der Waals surface area contributed by atoms with Gasteiger partial charge in [0, 0.05) is 12.1 Å². The molecule has 0 radical (unpaired) electrons. The number of nitro groups is 1. The second-order valence-electron chi connectivity index (χ2n) is 5.31. The van der Waals surface area contributed by atoms with E-state index in [9.17, 15) is 14.5 Å². The molecule has 0 bridgehead atoms. The van der Waals surface area contributed by atoms with Crippen molar-refractivity contribution in [2.24, 2.45) is 11.7 Å². The highest BCUT2D eigenvalue weighted by Crippen LogP contribution is 2.27. The molecule has 0 heterocycles. The summed E-state index contributed by atoms with van der Waals surface area (Å²) in [4.78, 5) is 9.87. The lowest BCUT2D eigenvalue weighted by molar-refractivity contribution is -0.387. The van der Waals surface area contributed by atoms with E-state index in [2.05, 4.69) is 0 Å². The Hall–Kier alpha value is -1.49. The first-order chi connectivity index (χ1) is 9.08. The van der Waals surface area contributed by atoms with E-state index < -0.39 is 16.4 Å². The maximum Gasteiger partial charge on any atom is 0.304 e. The predicted molar refractivity (Wildman–Crippen MR) is 71.3 cm³/mol. The smallest absolute Gasteiger partial charge is 0.304 e. The van der Waals surface area contributed by atoms with Gasteiger partial charge in [-0.15, -0.1) is 0 Å². The minimum absolute atomic E-state index is 0.153. The van der Waals surface area contributed by atoms with Gasteiger partial charge in [-0.05, 0) is 36.8 Å². The number of rotatable bonds is 3. The first-order valence-corrected chi connectivity index (χ1v) is 6.76. The number of nitrogens with zero attached hydrogens (tertiary/aromatic N) is 1. The molecule has 0 aliphatic heterocycles. The monoisotopic (exact) mass is 266 g/mol. The van der Waals surface area contributed by atoms with Crippen molar-refractivity contribution in [1.82, 2.24) is 0 Å². The maximum atomic E-state index is 13.6. The Balaban J connectivity index is 2.10. The molecule has 1 aliphatic carbocycles. The number of benzene rings is 1. The van der Waals surface area contributed by atoms with Crippen molar-refractivity contribution in [3.05, 3.63) is 39.7 Å². The van der Waals surface area contributed by atoms with Crippen LogP contribution in [0.1, 0.15) is 37.7 Å². The van der Waals surface area contributed by atoms with Gasteiger partial charge in [-0.3, -0.25) is 10.1 Å². The van der Waals surface area contributed by atoms with Gasteiger partial charge in [0.2, 0.25) is 5.82 Å². The van der Waals surface area contributed by atoms with Crippen LogP contribution in [0, 0.1) is 21.8 Å². The van der Waals surface area contributed by atoms with E-state index in [0.717, 1.165) is 31.2 Å². The summed E-state index contributed by atoms with van der Waals surface area (Å²) in [5.41, 5.74) is 6.47. The van der Waals surface area contributed by atoms with E-state index >= 15 is 0 Å². The lowest BCUT2D eigenvalue weighted by atomic mass is 9.89. The highest BCUT2D eigenvalue weighted by atomic mass is 19.1. The Labute approximate surface area is 112 Å². The third-order valence-corrected chi connectivity index (χ3v) is 3.92. The summed E-state index contributed by atoms with van der Waals surface area (Å²) >= 11 is 0. The summed E-state index contributed by atoms with van der Waals surface area (Å²) in [5.74, 6) is -0.409. The largest absolute Gasteiger partial charge is 0.327 e. The molecule has 2 unspecified atom stereocenters. The normalized spacial score (nSPS) is 23.9. The van der Waals surface area contributed by atoms with E-state index in [4.69, 9.17) is 5.73 Å². The molecule has 19 heavy (non-hydrogen) atoms. The van der Waals surface area contributed by atoms with Gasteiger partial charge in [0.1, 0.15) is 0 Å². The van der Waals surface area contributed by atoms with Crippen molar-refractivity contribution < 1.29 is 9.31 Å². The van der Waals surface area contributed by atoms with Crippen LogP contribution in [0.5, 0.6) is 0 Å². The summed E-state index contributed by atoms with van der Waals surface area (Å²) in [6, 6.07) is 4.31. The molecule has 2 atom stereocenters. The zero-order chi connectivity index (χ0) is 13.8. The Morgan fingerprint density at radius 3 is 2.74 bits per heavy atom. The molecule has 0 aromatic heterocycles. The summed E-state index contributed by atoms with van der Waals surface area (Å²) < 4.78 is 13.6. The Morgan fingerprint density at radius 2 is 2.05 bits per heavy atom. The Morgan fingerprint density at radius 1 is 1.32 bits per heavy atom. The van der Waals surface area contributed by atoms with Crippen LogP contribution >= 0.6 is 0 Å². The molecule has 104 valence electrons. The van der Waals surface area contributed by atoms with Crippen molar-refractivity contribution in [2.45, 2.75) is 44.6 Å². The molecular formula is C14H19FN2O2. The molecule has 0 saturated heterocycles. The maximum absolute atomic E-state index is 13.6. The molecular weight excluding hydrogens is 247 g/mol. The van der Waals surface area contributed by atoms with E-state index in [1.807, 2.05) is 0 Å². The molecule has 4 nitrogen and oxygen atoms in total. The van der Waals surface area contributed by atoms with Crippen LogP contribution in [0.15, 0.2) is 18.2 Å². The lowest BCUT2D eigenvalue weighted by Gasteiger charge is -2.21. The predicted octanol–water partition coefficient (Wildman–Crippen LogP) is 3.18. The van der Waals surface area contributed by atoms with Crippen LogP contribution < -0.4 is 5.73 Å². The van der Waals surface area contributed by atoms with E-state index in [-0.39, 0.29) is 6.04 Å². The SMILES string of the molecule is NC1CCCCCC1Cc1ccc([N+](=O)[O-])c(F)c1. The first-order valence-electron chi connectivity index (χ1n) is 6.76. The average molecular weight is 266 g/mol. The van der Waals surface area contributed by atoms with E-state index in [1.165, 1.54) is 18.6 Å². The van der Waals surface area contributed by atoms with Crippen molar-refractivity contribution >= 4 is 5.69 Å². The second-order valence-corrected chi connectivity index (χ2v) is 5.31.